The van der Waals surface area contributed by atoms with Gasteiger partial charge in [-0.05, 0) is 12.1 Å². The molecule has 1 unspecified atom stereocenters. The summed E-state index contributed by atoms with van der Waals surface area (Å²) in [6.07, 6.45) is -2.99. The monoisotopic (exact) mass is 541 g/mol. The number of amides is 1. The molecular weight excluding hydrogens is 510 g/mol. The Morgan fingerprint density at radius 2 is 2.08 bits per heavy atom. The van der Waals surface area contributed by atoms with E-state index in [0.717, 1.165) is 0 Å². The molecule has 1 heterocycles. The summed E-state index contributed by atoms with van der Waals surface area (Å²) in [7, 11) is 2.49. The maximum Gasteiger partial charge on any atom is 0.377 e. The number of carbonyl (C=O) groups excluding carboxylic acids is 1. The number of carbonyl (C=O) groups is 2. The second-order valence-corrected chi connectivity index (χ2v) is 8.25. The van der Waals surface area contributed by atoms with Crippen molar-refractivity contribution in [3.8, 4) is 11.5 Å². The number of methoxy groups -OCH3 is 2. The Morgan fingerprint density at radius 1 is 1.39 bits per heavy atom. The highest BCUT2D eigenvalue weighted by atomic mass is 16.7. The predicted octanol–water partition coefficient (Wildman–Crippen LogP) is -1.59. The van der Waals surface area contributed by atoms with Crippen LogP contribution in [0.5, 0.6) is 11.5 Å². The predicted molar refractivity (Wildman–Crippen MR) is 131 cm³/mol. The molecule has 1 aromatic carbocycles. The zero-order valence-electron chi connectivity index (χ0n) is 20.8. The first-order valence-electron chi connectivity index (χ1n) is 11.1. The number of aliphatic hydroxyl groups excluding tert-OH is 2. The van der Waals surface area contributed by atoms with E-state index in [9.17, 15) is 35.0 Å². The number of hydrogen-bond acceptors (Lipinski definition) is 11. The number of nitro groups is 1. The highest BCUT2D eigenvalue weighted by Crippen LogP contribution is 2.38. The Kier molecular flexibility index (Phi) is 10.3. The Morgan fingerprint density at radius 3 is 2.58 bits per heavy atom. The van der Waals surface area contributed by atoms with Gasteiger partial charge in [0, 0.05) is 38.2 Å². The van der Waals surface area contributed by atoms with Gasteiger partial charge in [0.1, 0.15) is 29.8 Å². The van der Waals surface area contributed by atoms with Crippen molar-refractivity contribution in [2.45, 2.75) is 49.5 Å². The molecule has 1 aliphatic rings. The molecule has 210 valence electrons. The highest BCUT2D eigenvalue weighted by molar-refractivity contribution is 5.78. The van der Waals surface area contributed by atoms with E-state index >= 15 is 0 Å². The maximum absolute atomic E-state index is 12.6. The molecule has 38 heavy (non-hydrogen) atoms. The Balaban J connectivity index is 2.63. The van der Waals surface area contributed by atoms with Gasteiger partial charge >= 0.3 is 11.8 Å². The fraction of sp³-hybridized carbons (Fsp3) is 0.500. The van der Waals surface area contributed by atoms with E-state index in [0.29, 0.717) is 11.8 Å². The minimum absolute atomic E-state index is 0.0700. The topological polar surface area (TPSA) is 251 Å². The van der Waals surface area contributed by atoms with E-state index in [4.69, 9.17) is 30.4 Å². The van der Waals surface area contributed by atoms with Gasteiger partial charge in [-0.25, -0.2) is 9.79 Å². The summed E-state index contributed by atoms with van der Waals surface area (Å²) in [5.74, 6) is -5.01. The first-order valence-corrected chi connectivity index (χ1v) is 11.1. The van der Waals surface area contributed by atoms with Gasteiger partial charge in [0.2, 0.25) is 12.1 Å². The van der Waals surface area contributed by atoms with Crippen molar-refractivity contribution in [2.75, 3.05) is 20.8 Å². The van der Waals surface area contributed by atoms with Crippen LogP contribution in [0.4, 0.5) is 0 Å². The first kappa shape index (κ1) is 30.2. The average molecular weight is 542 g/mol. The summed E-state index contributed by atoms with van der Waals surface area (Å²) in [4.78, 5) is 38.7. The van der Waals surface area contributed by atoms with Crippen molar-refractivity contribution in [3.63, 3.8) is 0 Å². The van der Waals surface area contributed by atoms with Crippen LogP contribution >= 0.6 is 0 Å². The van der Waals surface area contributed by atoms with Gasteiger partial charge in [-0.3, -0.25) is 14.9 Å². The zero-order valence-corrected chi connectivity index (χ0v) is 20.8. The molecule has 0 saturated carbocycles. The molecule has 16 nitrogen and oxygen atoms in total. The van der Waals surface area contributed by atoms with Crippen LogP contribution in [0.3, 0.4) is 0 Å². The molecule has 6 atom stereocenters. The number of ether oxygens (including phenoxy) is 4. The standard InChI is InChI=1S/C22H31N5O11/c1-11(29)25-17-14(26-21(23)24)9-22(20(31)32,38-19(17)18(36-3)15(30)10-28)37-13-5-4-12(6-7-27(33)34)16(8-13)35-2/h4-8,14-15,17-19,28,30H,9-10H2,1-3H3,(H,25,29)(H,31,32)(H4,23,24,26)/b7-6+/t14-,15-,17+,18-,19?,22+/m0/s1. The number of nitrogens with zero attached hydrogens (tertiary/aromatic N) is 2. The lowest BCUT2D eigenvalue weighted by Gasteiger charge is -2.47. The number of aliphatic imine (C=N–C) groups is 1. The lowest BCUT2D eigenvalue weighted by atomic mass is 9.86. The lowest BCUT2D eigenvalue weighted by Crippen LogP contribution is -2.68. The number of nitrogens with two attached hydrogens (primary N) is 2. The number of hydrogen-bond donors (Lipinski definition) is 6. The van der Waals surface area contributed by atoms with Crippen molar-refractivity contribution in [1.29, 1.82) is 0 Å². The summed E-state index contributed by atoms with van der Waals surface area (Å²) < 4.78 is 22.2. The van der Waals surface area contributed by atoms with Crippen LogP contribution in [-0.4, -0.2) is 95.1 Å². The van der Waals surface area contributed by atoms with Gasteiger partial charge < -0.3 is 51.1 Å². The molecule has 0 bridgehead atoms. The van der Waals surface area contributed by atoms with Crippen LogP contribution in [0.25, 0.3) is 6.08 Å². The van der Waals surface area contributed by atoms with E-state index in [1.54, 1.807) is 0 Å². The van der Waals surface area contributed by atoms with Crippen LogP contribution in [0, 0.1) is 10.1 Å². The molecule has 1 amide bonds. The Labute approximate surface area is 217 Å². The number of guanidine groups is 1. The molecule has 0 aromatic heterocycles. The van der Waals surface area contributed by atoms with Gasteiger partial charge in [-0.15, -0.1) is 0 Å². The number of nitrogens with one attached hydrogen (secondary N) is 1. The second-order valence-electron chi connectivity index (χ2n) is 8.25. The molecule has 0 aliphatic carbocycles. The summed E-state index contributed by atoms with van der Waals surface area (Å²) in [5.41, 5.74) is 11.4. The van der Waals surface area contributed by atoms with Gasteiger partial charge in [-0.1, -0.05) is 0 Å². The molecule has 0 radical (unpaired) electrons. The van der Waals surface area contributed by atoms with Crippen molar-refractivity contribution in [2.24, 2.45) is 16.5 Å². The number of carboxylic acid groups (broad SMARTS) is 1. The quantitative estimate of drug-likeness (QED) is 0.0756. The van der Waals surface area contributed by atoms with Gasteiger partial charge in [0.25, 0.3) is 0 Å². The molecule has 1 saturated heterocycles. The summed E-state index contributed by atoms with van der Waals surface area (Å²) in [5, 5.41) is 43.4. The zero-order chi connectivity index (χ0) is 28.6. The molecule has 1 aliphatic heterocycles. The third-order valence-corrected chi connectivity index (χ3v) is 5.61. The largest absolute Gasteiger partial charge is 0.496 e. The number of aliphatic carboxylic acids is 1. The first-order chi connectivity index (χ1) is 17.9. The SMILES string of the molecule is COc1cc(O[C@]2(C(=O)O)C[C@H](N=C(N)N)[C@@H](NC(C)=O)C([C@@H](OC)[C@@H](O)CO)O2)ccc1/C=C/[N+](=O)[O-]. The van der Waals surface area contributed by atoms with Gasteiger partial charge in [-0.2, -0.15) is 0 Å². The normalized spacial score (nSPS) is 24.7. The number of carboxylic acids is 1. The number of rotatable bonds is 12. The molecule has 1 aromatic rings. The molecular formula is C22H31N5O11. The summed E-state index contributed by atoms with van der Waals surface area (Å²) in [6, 6.07) is 1.75. The molecule has 0 spiro atoms. The van der Waals surface area contributed by atoms with Crippen LogP contribution in [-0.2, 0) is 19.1 Å². The number of aliphatic hydroxyl groups is 2. The van der Waals surface area contributed by atoms with Gasteiger partial charge in [0.05, 0.1) is 30.7 Å². The Hall–Kier alpha value is -3.99. The fourth-order valence-electron chi connectivity index (χ4n) is 4.05. The van der Waals surface area contributed by atoms with E-state index in [-0.39, 0.29) is 11.5 Å². The smallest absolute Gasteiger partial charge is 0.377 e. The van der Waals surface area contributed by atoms with Crippen LogP contribution < -0.4 is 26.3 Å². The molecule has 8 N–H and O–H groups in total. The Bertz CT molecular complexity index is 1080. The lowest BCUT2D eigenvalue weighted by molar-refractivity contribution is -0.400. The van der Waals surface area contributed by atoms with Crippen LogP contribution in [0.1, 0.15) is 18.9 Å². The van der Waals surface area contributed by atoms with Crippen molar-refractivity contribution in [1.82, 2.24) is 5.32 Å². The number of benzene rings is 1. The van der Waals surface area contributed by atoms with Crippen molar-refractivity contribution in [3.05, 3.63) is 40.1 Å². The minimum Gasteiger partial charge on any atom is -0.496 e. The van der Waals surface area contributed by atoms with E-state index in [1.807, 2.05) is 0 Å². The maximum atomic E-state index is 12.6. The van der Waals surface area contributed by atoms with Crippen LogP contribution in [0.2, 0.25) is 0 Å². The van der Waals surface area contributed by atoms with Crippen molar-refractivity contribution >= 4 is 23.9 Å². The average Bonchev–Trinajstić information content (AvgIpc) is 2.84. The van der Waals surface area contributed by atoms with Gasteiger partial charge in [0.15, 0.2) is 5.96 Å². The van der Waals surface area contributed by atoms with Crippen LogP contribution in [0.15, 0.2) is 29.4 Å². The summed E-state index contributed by atoms with van der Waals surface area (Å²) >= 11 is 0. The second kappa shape index (κ2) is 13.0. The summed E-state index contributed by atoms with van der Waals surface area (Å²) in [6.45, 7) is 0.417. The fourth-order valence-corrected chi connectivity index (χ4v) is 4.05. The molecule has 2 rings (SSSR count). The van der Waals surface area contributed by atoms with E-state index in [2.05, 4.69) is 10.3 Å². The van der Waals surface area contributed by atoms with Crippen molar-refractivity contribution < 1.29 is 48.8 Å². The highest BCUT2D eigenvalue weighted by Gasteiger charge is 2.57. The van der Waals surface area contributed by atoms with E-state index in [1.165, 1.54) is 45.4 Å². The molecule has 1 fully saturated rings. The molecule has 16 heteroatoms. The third-order valence-electron chi connectivity index (χ3n) is 5.61. The third kappa shape index (κ3) is 7.28. The minimum atomic E-state index is -2.49. The van der Waals surface area contributed by atoms with E-state index < -0.39 is 72.0 Å².